The first-order chi connectivity index (χ1) is 9.65. The van der Waals surface area contributed by atoms with E-state index in [-0.39, 0.29) is 11.8 Å². The molecule has 2 amide bonds. The van der Waals surface area contributed by atoms with Gasteiger partial charge in [0.1, 0.15) is 17.7 Å². The first kappa shape index (κ1) is 13.9. The number of hydrogen-bond donors (Lipinski definition) is 3. The van der Waals surface area contributed by atoms with E-state index in [4.69, 9.17) is 4.42 Å². The molecule has 0 saturated carbocycles. The smallest absolute Gasteiger partial charge is 0.249 e. The predicted octanol–water partition coefficient (Wildman–Crippen LogP) is -0.579. The Kier molecular flexibility index (Phi) is 4.24. The molecule has 1 atom stereocenters. The largest absolute Gasteiger partial charge is 0.462 e. The number of nitrogens with one attached hydrogen (secondary N) is 3. The summed E-state index contributed by atoms with van der Waals surface area (Å²) in [6.07, 6.45) is 7.48. The Balaban J connectivity index is 2.28. The Bertz CT molecular complexity index is 645. The number of amides is 2. The molecule has 1 aromatic rings. The standard InChI is InChI=1S/C14H17N3O3/c1-3-4-12-9(7-15-2)11(8-20-12)16-10-5-6-13(18)17-14(10)19/h3-4,7-8,10,15-16H,1,5-6H2,2H3,(H,17,18,19)/b9-7-,12-4+. The molecule has 3 N–H and O–H groups in total. The topological polar surface area (TPSA) is 83.4 Å². The third kappa shape index (κ3) is 2.90. The van der Waals surface area contributed by atoms with Gasteiger partial charge in [0.2, 0.25) is 11.8 Å². The van der Waals surface area contributed by atoms with Gasteiger partial charge >= 0.3 is 0 Å². The lowest BCUT2D eigenvalue weighted by atomic mass is 10.1. The lowest BCUT2D eigenvalue weighted by molar-refractivity contribution is -0.133. The fraction of sp³-hybridized carbons (Fsp3) is 0.286. The van der Waals surface area contributed by atoms with Crippen molar-refractivity contribution in [2.45, 2.75) is 18.9 Å². The minimum Gasteiger partial charge on any atom is -0.462 e. The van der Waals surface area contributed by atoms with E-state index in [0.717, 1.165) is 5.22 Å². The van der Waals surface area contributed by atoms with Crippen molar-refractivity contribution in [3.63, 3.8) is 0 Å². The Hall–Kier alpha value is -2.50. The number of furan rings is 1. The number of imide groups is 1. The molecule has 2 rings (SSSR count). The second-order valence-electron chi connectivity index (χ2n) is 4.41. The molecule has 0 aromatic carbocycles. The number of carbonyl (C=O) groups is 2. The molecule has 1 aliphatic heterocycles. The third-order valence-electron chi connectivity index (χ3n) is 2.99. The van der Waals surface area contributed by atoms with Gasteiger partial charge in [-0.1, -0.05) is 12.7 Å². The Morgan fingerprint density at radius 2 is 2.30 bits per heavy atom. The molecule has 6 nitrogen and oxygen atoms in total. The van der Waals surface area contributed by atoms with Crippen LogP contribution in [0.5, 0.6) is 0 Å². The fourth-order valence-electron chi connectivity index (χ4n) is 2.04. The van der Waals surface area contributed by atoms with E-state index in [1.165, 1.54) is 0 Å². The molecule has 1 aliphatic rings. The molecule has 1 saturated heterocycles. The van der Waals surface area contributed by atoms with Crippen LogP contribution in [0.3, 0.4) is 0 Å². The summed E-state index contributed by atoms with van der Waals surface area (Å²) in [6.45, 7) is 3.63. The van der Waals surface area contributed by atoms with Crippen molar-refractivity contribution in [2.24, 2.45) is 0 Å². The summed E-state index contributed by atoms with van der Waals surface area (Å²) in [7, 11) is 1.78. The molecule has 6 heteroatoms. The van der Waals surface area contributed by atoms with Crippen molar-refractivity contribution in [1.29, 1.82) is 0 Å². The minimum atomic E-state index is -0.439. The highest BCUT2D eigenvalue weighted by Crippen LogP contribution is 2.09. The summed E-state index contributed by atoms with van der Waals surface area (Å²) in [6, 6.07) is -0.439. The molecular weight excluding hydrogens is 258 g/mol. The first-order valence-electron chi connectivity index (χ1n) is 6.33. The van der Waals surface area contributed by atoms with Gasteiger partial charge in [-0.05, 0) is 12.5 Å². The monoisotopic (exact) mass is 275 g/mol. The Labute approximate surface area is 116 Å². The lowest BCUT2D eigenvalue weighted by Crippen LogP contribution is -2.48. The van der Waals surface area contributed by atoms with Crippen molar-refractivity contribution < 1.29 is 14.0 Å². The Morgan fingerprint density at radius 3 is 2.95 bits per heavy atom. The molecule has 106 valence electrons. The molecule has 2 heterocycles. The van der Waals surface area contributed by atoms with Gasteiger partial charge in [0, 0.05) is 19.7 Å². The van der Waals surface area contributed by atoms with Crippen molar-refractivity contribution in [2.75, 3.05) is 12.4 Å². The summed E-state index contributed by atoms with van der Waals surface area (Å²) >= 11 is 0. The molecule has 0 bridgehead atoms. The zero-order valence-corrected chi connectivity index (χ0v) is 11.2. The van der Waals surface area contributed by atoms with Crippen molar-refractivity contribution in [3.05, 3.63) is 29.6 Å². The lowest BCUT2D eigenvalue weighted by Gasteiger charge is -2.21. The molecule has 0 radical (unpaired) electrons. The number of piperidine rings is 1. The van der Waals surface area contributed by atoms with E-state index in [1.807, 2.05) is 0 Å². The summed E-state index contributed by atoms with van der Waals surface area (Å²) < 4.78 is 5.43. The van der Waals surface area contributed by atoms with Gasteiger partial charge in [0.15, 0.2) is 0 Å². The minimum absolute atomic E-state index is 0.233. The van der Waals surface area contributed by atoms with E-state index in [1.54, 1.807) is 31.7 Å². The normalized spacial score (nSPS) is 20.8. The molecule has 0 aliphatic carbocycles. The van der Waals surface area contributed by atoms with Crippen molar-refractivity contribution in [3.8, 4) is 0 Å². The number of anilines is 1. The zero-order chi connectivity index (χ0) is 14.5. The highest BCUT2D eigenvalue weighted by atomic mass is 16.3. The van der Waals surface area contributed by atoms with Gasteiger partial charge in [-0.3, -0.25) is 14.9 Å². The highest BCUT2D eigenvalue weighted by Gasteiger charge is 2.26. The van der Waals surface area contributed by atoms with Gasteiger partial charge in [-0.2, -0.15) is 0 Å². The van der Waals surface area contributed by atoms with Crippen LogP contribution in [0.25, 0.3) is 12.3 Å². The molecule has 1 fully saturated rings. The molecule has 1 unspecified atom stereocenters. The summed E-state index contributed by atoms with van der Waals surface area (Å²) in [4.78, 5) is 22.9. The van der Waals surface area contributed by atoms with Crippen LogP contribution in [0.4, 0.5) is 5.69 Å². The van der Waals surface area contributed by atoms with E-state index in [2.05, 4.69) is 22.5 Å². The maximum Gasteiger partial charge on any atom is 0.249 e. The van der Waals surface area contributed by atoms with Gasteiger partial charge in [0.05, 0.1) is 10.9 Å². The second-order valence-corrected chi connectivity index (χ2v) is 4.41. The molecule has 1 aromatic heterocycles. The van der Waals surface area contributed by atoms with Gasteiger partial charge in [0.25, 0.3) is 0 Å². The van der Waals surface area contributed by atoms with Crippen LogP contribution in [0.1, 0.15) is 12.8 Å². The predicted molar refractivity (Wildman–Crippen MR) is 75.9 cm³/mol. The van der Waals surface area contributed by atoms with Gasteiger partial charge in [-0.25, -0.2) is 0 Å². The van der Waals surface area contributed by atoms with Crippen LogP contribution in [-0.2, 0) is 9.59 Å². The number of carbonyl (C=O) groups excluding carboxylic acids is 2. The van der Waals surface area contributed by atoms with E-state index < -0.39 is 6.04 Å². The molecule has 0 spiro atoms. The van der Waals surface area contributed by atoms with Gasteiger partial charge in [-0.15, -0.1) is 0 Å². The highest BCUT2D eigenvalue weighted by molar-refractivity contribution is 6.01. The SMILES string of the molecule is C=C/C=c1/occ(NC2CCC(=O)NC2=O)/c1=C/NC. The Morgan fingerprint density at radius 1 is 1.50 bits per heavy atom. The van der Waals surface area contributed by atoms with E-state index in [0.29, 0.717) is 23.9 Å². The second kappa shape index (κ2) is 6.10. The third-order valence-corrected chi connectivity index (χ3v) is 2.99. The quantitative estimate of drug-likeness (QED) is 0.640. The van der Waals surface area contributed by atoms with Crippen molar-refractivity contribution in [1.82, 2.24) is 10.6 Å². The van der Waals surface area contributed by atoms with Crippen LogP contribution in [-0.4, -0.2) is 24.9 Å². The summed E-state index contributed by atoms with van der Waals surface area (Å²) in [5.41, 5.74) is 1.34. The van der Waals surface area contributed by atoms with Crippen LogP contribution in [0, 0.1) is 0 Å². The first-order valence-corrected chi connectivity index (χ1v) is 6.33. The maximum atomic E-state index is 11.7. The number of allylic oxidation sites excluding steroid dienone is 1. The van der Waals surface area contributed by atoms with Crippen LogP contribution >= 0.6 is 0 Å². The summed E-state index contributed by atoms with van der Waals surface area (Å²) in [5, 5.41) is 9.15. The fourth-order valence-corrected chi connectivity index (χ4v) is 2.04. The van der Waals surface area contributed by atoms with E-state index in [9.17, 15) is 9.59 Å². The van der Waals surface area contributed by atoms with Gasteiger partial charge < -0.3 is 15.1 Å². The molecular formula is C14H17N3O3. The van der Waals surface area contributed by atoms with Crippen LogP contribution in [0.15, 0.2) is 23.3 Å². The number of rotatable bonds is 4. The summed E-state index contributed by atoms with van der Waals surface area (Å²) in [5.74, 6) is -0.546. The van der Waals surface area contributed by atoms with Crippen LogP contribution in [0.2, 0.25) is 0 Å². The van der Waals surface area contributed by atoms with Crippen molar-refractivity contribution >= 4 is 29.8 Å². The van der Waals surface area contributed by atoms with Crippen LogP contribution < -0.4 is 26.6 Å². The number of hydrogen-bond acceptors (Lipinski definition) is 5. The zero-order valence-electron chi connectivity index (χ0n) is 11.2. The average molecular weight is 275 g/mol. The average Bonchev–Trinajstić information content (AvgIpc) is 2.77. The maximum absolute atomic E-state index is 11.7. The molecule has 20 heavy (non-hydrogen) atoms. The van der Waals surface area contributed by atoms with E-state index >= 15 is 0 Å².